The molecule has 3 fully saturated rings. The van der Waals surface area contributed by atoms with Gasteiger partial charge in [0.05, 0.1) is 48.7 Å². The van der Waals surface area contributed by atoms with Gasteiger partial charge in [-0.3, -0.25) is 48.1 Å². The number of phenols is 1. The first-order chi connectivity index (χ1) is 43.4. The van der Waals surface area contributed by atoms with E-state index >= 15 is 0 Å². The summed E-state index contributed by atoms with van der Waals surface area (Å²) < 4.78 is 16.8. The van der Waals surface area contributed by atoms with Crippen LogP contribution in [0.1, 0.15) is 113 Å². The minimum absolute atomic E-state index is 0. The van der Waals surface area contributed by atoms with Crippen molar-refractivity contribution in [3.63, 3.8) is 0 Å². The van der Waals surface area contributed by atoms with Crippen molar-refractivity contribution in [2.24, 2.45) is 11.7 Å². The third kappa shape index (κ3) is 19.4. The number of unbranched alkanes of at least 4 members (excludes halogenated alkanes) is 7. The first kappa shape index (κ1) is 74.1. The summed E-state index contributed by atoms with van der Waals surface area (Å²) in [5.41, 5.74) is 5.94. The Labute approximate surface area is 553 Å². The van der Waals surface area contributed by atoms with E-state index in [9.17, 15) is 84.5 Å². The van der Waals surface area contributed by atoms with Gasteiger partial charge in [-0.15, -0.1) is 14.5 Å². The van der Waals surface area contributed by atoms with Crippen molar-refractivity contribution in [1.29, 1.82) is 0 Å². The maximum Gasteiger partial charge on any atom is 1.00 e. The van der Waals surface area contributed by atoms with Crippen LogP contribution in [0.2, 0.25) is 0 Å². The van der Waals surface area contributed by atoms with Gasteiger partial charge in [0, 0.05) is 62.3 Å². The van der Waals surface area contributed by atoms with Gasteiger partial charge in [0.1, 0.15) is 48.5 Å². The first-order valence-electron chi connectivity index (χ1n) is 29.7. The van der Waals surface area contributed by atoms with Crippen molar-refractivity contribution < 1.29 is 132 Å². The minimum atomic E-state index is -2.54. The molecule has 15 N–H and O–H groups in total. The van der Waals surface area contributed by atoms with Crippen LogP contribution in [-0.2, 0) is 49.5 Å². The van der Waals surface area contributed by atoms with Crippen molar-refractivity contribution in [3.05, 3.63) is 66.0 Å². The number of nitrogens with two attached hydrogens (primary N) is 1. The fourth-order valence-electron chi connectivity index (χ4n) is 10.9. The Morgan fingerprint density at radius 1 is 0.804 bits per heavy atom. The van der Waals surface area contributed by atoms with Crippen molar-refractivity contribution >= 4 is 59.6 Å². The fourth-order valence-corrected chi connectivity index (χ4v) is 11.2. The van der Waals surface area contributed by atoms with Crippen molar-refractivity contribution in [1.82, 2.24) is 56.4 Å². The summed E-state index contributed by atoms with van der Waals surface area (Å²) in [6.07, 6.45) is -3.52. The number of aryl methyl sites for hydroxylation is 1. The summed E-state index contributed by atoms with van der Waals surface area (Å²) in [5.74, 6) is -11.8. The molecule has 92 heavy (non-hydrogen) atoms. The molecule has 2 aromatic carbocycles. The molecule has 3 saturated heterocycles. The van der Waals surface area contributed by atoms with E-state index < -0.39 is 183 Å². The number of rotatable bonds is 24. The van der Waals surface area contributed by atoms with Crippen LogP contribution in [0.5, 0.6) is 11.5 Å². The number of phenolic OH excluding ortho intramolecular Hbond substituents is 1. The third-order valence-electron chi connectivity index (χ3n) is 15.9. The Morgan fingerprint density at radius 2 is 1.45 bits per heavy atom. The number of benzene rings is 2. The van der Waals surface area contributed by atoms with Gasteiger partial charge < -0.3 is 96.8 Å². The number of nitrogens with zero attached hydrogens (tertiary/aromatic N) is 6. The Bertz CT molecular complexity index is 3160. The van der Waals surface area contributed by atoms with E-state index in [4.69, 9.17) is 14.3 Å². The van der Waals surface area contributed by atoms with Gasteiger partial charge in [0.15, 0.2) is 11.5 Å². The number of hydrogen-bond acceptors (Lipinski definition) is 25. The smallest absolute Gasteiger partial charge is 0.691 e. The standard InChI is InChI=1S/C57H78N12O21S.Na/c1-4-5-6-7-8-9-10-11-18-67-26-33(23-60-67)55-66-65-54(87-55)31-14-12-30(13-15-31)49(79)61-36-20-34(71)24-59-53(83)45-46(76)28(2)25-69(45)57(85)43(39(74)22-41(58)75)63-52(82)44(48(78)47(77)32-16-17-38(73)40(19-32)88-91-90-89-86)64-51(81)37-21-35(72)27-68(37)56(84)42(29(3)70)62-50(36)80;/h12-17,19,23,26,28-29,34-37,39,42-48,70-74,76-78,86H,4-11,18,20-22,24-25,27H2,1-3H3,(H2,58,75)(H,59,83)(H,61,79)(H,62,80)(H,63,82)(H,64,81);/q;+1/p-1/t28?,29?,34?,35?,36-,37?,39?,42?,43?,44?,45?,46?,47?,48?;/m0./s1. The second kappa shape index (κ2) is 34.8. The van der Waals surface area contributed by atoms with Crippen molar-refractivity contribution in [3.8, 4) is 34.4 Å². The Morgan fingerprint density at radius 3 is 2.11 bits per heavy atom. The fraction of sp³-hybridized carbons (Fsp3) is 0.561. The normalized spacial score (nSPS) is 24.9. The van der Waals surface area contributed by atoms with E-state index in [1.165, 1.54) is 63.3 Å². The maximum atomic E-state index is 14.7. The predicted octanol–water partition coefficient (Wildman–Crippen LogP) is -6.07. The Hall–Kier alpha value is -6.90. The number of fused-ring (bicyclic) bond motifs is 2. The van der Waals surface area contributed by atoms with E-state index in [0.717, 1.165) is 49.3 Å². The van der Waals surface area contributed by atoms with E-state index in [0.29, 0.717) is 22.6 Å². The van der Waals surface area contributed by atoms with Crippen LogP contribution in [0.15, 0.2) is 59.3 Å². The van der Waals surface area contributed by atoms with E-state index in [1.807, 2.05) is 0 Å². The number of primary amides is 1. The average Bonchev–Trinajstić information content (AvgIpc) is 1.66. The molecule has 0 spiro atoms. The van der Waals surface area contributed by atoms with Crippen LogP contribution in [-0.4, -0.2) is 210 Å². The molecular formula is C57H77N12NaO21S. The summed E-state index contributed by atoms with van der Waals surface area (Å²) in [7, 11) is 0. The largest absolute Gasteiger partial charge is 1.00 e. The number of aromatic nitrogens is 4. The molecule has 0 radical (unpaired) electrons. The van der Waals surface area contributed by atoms with Crippen LogP contribution in [0.4, 0.5) is 0 Å². The number of hydrogen-bond donors (Lipinski definition) is 14. The number of aliphatic hydroxyl groups excluding tert-OH is 7. The third-order valence-corrected chi connectivity index (χ3v) is 16.2. The van der Waals surface area contributed by atoms with Crippen LogP contribution < -0.4 is 71.3 Å². The molecule has 2 aromatic heterocycles. The number of amides is 8. The Kier molecular flexibility index (Phi) is 28.1. The summed E-state index contributed by atoms with van der Waals surface area (Å²) in [4.78, 5) is 115. The molecule has 33 nitrogen and oxygen atoms in total. The summed E-state index contributed by atoms with van der Waals surface area (Å²) in [6, 6.07) is -3.79. The second-order valence-electron chi connectivity index (χ2n) is 22.8. The molecule has 0 aliphatic carbocycles. The molecule has 3 aliphatic rings. The van der Waals surface area contributed by atoms with Gasteiger partial charge in [0.25, 0.3) is 24.1 Å². The number of β-amino-alcohol motifs (C(OH)–C–C–N with tert-alkyl or cyclic N) is 1. The molecule has 4 aromatic rings. The topological polar surface area (TPSA) is 499 Å². The zero-order valence-electron chi connectivity index (χ0n) is 50.9. The maximum absolute atomic E-state index is 14.7. The second-order valence-corrected chi connectivity index (χ2v) is 23.2. The molecule has 0 saturated carbocycles. The zero-order chi connectivity index (χ0) is 66.2. The van der Waals surface area contributed by atoms with E-state index in [1.54, 1.807) is 17.1 Å². The van der Waals surface area contributed by atoms with Gasteiger partial charge >= 0.3 is 29.6 Å². The van der Waals surface area contributed by atoms with Gasteiger partial charge in [-0.2, -0.15) is 5.10 Å². The molecule has 13 unspecified atom stereocenters. The number of aliphatic hydroxyl groups is 7. The molecule has 3 aliphatic heterocycles. The number of aromatic hydroxyl groups is 1. The Balaban J connectivity index is 0.0000134. The van der Waals surface area contributed by atoms with Gasteiger partial charge in [-0.05, 0) is 55.3 Å². The summed E-state index contributed by atoms with van der Waals surface area (Å²) >= 11 is -0.0872. The SMILES string of the molecule is CCCCCCCCCCn1cc(-c2nnc(-c3ccc(C(=O)N[C@H]4CC(O)CNC(=O)C5C(O)C(C)CN5C(=O)C(C(O)CC(N)=O)NC(=O)C(C(O)C(O)c5ccc(O)c(OSOO[O-])c5)NC(=O)C5CC(O)CN5C(=O)C(C(C)O)NC4=O)cc3)o2)cn1.[Na+]. The molecule has 8 amide bonds. The quantitative estimate of drug-likeness (QED) is 0.0102. The van der Waals surface area contributed by atoms with E-state index in [-0.39, 0.29) is 64.8 Å². The van der Waals surface area contributed by atoms with Crippen LogP contribution in [0.25, 0.3) is 22.9 Å². The molecule has 7 rings (SSSR count). The monoisotopic (exact) mass is 1320 g/mol. The first-order valence-corrected chi connectivity index (χ1v) is 30.3. The van der Waals surface area contributed by atoms with Gasteiger partial charge in [0.2, 0.25) is 47.2 Å². The van der Waals surface area contributed by atoms with Crippen LogP contribution in [0, 0.1) is 5.92 Å². The van der Waals surface area contributed by atoms with Crippen LogP contribution >= 0.6 is 12.3 Å². The molecule has 35 heteroatoms. The predicted molar refractivity (Wildman–Crippen MR) is 312 cm³/mol. The van der Waals surface area contributed by atoms with Gasteiger partial charge in [-0.1, -0.05) is 64.9 Å². The van der Waals surface area contributed by atoms with E-state index in [2.05, 4.69) is 58.2 Å². The van der Waals surface area contributed by atoms with Gasteiger partial charge in [-0.25, -0.2) is 0 Å². The zero-order valence-corrected chi connectivity index (χ0v) is 53.8. The molecule has 5 heterocycles. The minimum Gasteiger partial charge on any atom is -0.691 e. The molecule has 0 bridgehead atoms. The number of nitrogens with one attached hydrogen (secondary N) is 5. The molecule has 14 atom stereocenters. The van der Waals surface area contributed by atoms with Crippen LogP contribution in [0.3, 0.4) is 0 Å². The number of carbonyl (C=O) groups excluding carboxylic acids is 8. The molecular weight excluding hydrogens is 1240 g/mol. The summed E-state index contributed by atoms with van der Waals surface area (Å²) in [6.45, 7) is 3.55. The summed E-state index contributed by atoms with van der Waals surface area (Å²) in [5, 5.41) is 128. The average molecular weight is 1320 g/mol. The number of carbonyl (C=O) groups is 8. The van der Waals surface area contributed by atoms with Crippen molar-refractivity contribution in [2.45, 2.75) is 177 Å². The van der Waals surface area contributed by atoms with Crippen molar-refractivity contribution in [2.75, 3.05) is 19.6 Å². The molecule has 498 valence electrons.